The predicted octanol–water partition coefficient (Wildman–Crippen LogP) is 1.91. The molecule has 0 saturated heterocycles. The zero-order valence-corrected chi connectivity index (χ0v) is 8.55. The van der Waals surface area contributed by atoms with Crippen molar-refractivity contribution in [1.29, 1.82) is 0 Å². The molecular weight excluding hydrogens is 233 g/mol. The van der Waals surface area contributed by atoms with E-state index in [9.17, 15) is 13.2 Å². The average Bonchev–Trinajstić information content (AvgIpc) is 2.13. The van der Waals surface area contributed by atoms with E-state index >= 15 is 0 Å². The number of aromatic nitrogens is 3. The molecule has 0 aliphatic rings. The van der Waals surface area contributed by atoms with Crippen LogP contribution in [0.15, 0.2) is 6.20 Å². The Morgan fingerprint density at radius 2 is 2.13 bits per heavy atom. The molecule has 0 aliphatic carbocycles. The van der Waals surface area contributed by atoms with Gasteiger partial charge >= 0.3 is 6.18 Å². The zero-order valence-electron chi connectivity index (χ0n) is 7.79. The second-order valence-corrected chi connectivity index (χ2v) is 3.05. The van der Waals surface area contributed by atoms with E-state index in [1.54, 1.807) is 6.92 Å². The molecule has 15 heavy (non-hydrogen) atoms. The fraction of sp³-hybridized carbons (Fsp3) is 0.571. The summed E-state index contributed by atoms with van der Waals surface area (Å²) in [5, 5.41) is 6.61. The monoisotopic (exact) mass is 240 g/mol. The maximum Gasteiger partial charge on any atom is 0.405 e. The lowest BCUT2D eigenvalue weighted by Gasteiger charge is -2.22. The van der Waals surface area contributed by atoms with Gasteiger partial charge in [0, 0.05) is 6.54 Å². The maximum atomic E-state index is 12.1. The van der Waals surface area contributed by atoms with Gasteiger partial charge in [-0.05, 0) is 18.5 Å². The Morgan fingerprint density at radius 1 is 1.47 bits per heavy atom. The molecule has 0 atom stereocenters. The van der Waals surface area contributed by atoms with Crippen LogP contribution in [-0.2, 0) is 0 Å². The number of hydrogen-bond donors (Lipinski definition) is 0. The summed E-state index contributed by atoms with van der Waals surface area (Å²) >= 11 is 5.42. The third-order valence-corrected chi connectivity index (χ3v) is 1.76. The Bertz CT molecular complexity index is 330. The van der Waals surface area contributed by atoms with Gasteiger partial charge in [0.1, 0.15) is 6.54 Å². The first-order valence-corrected chi connectivity index (χ1v) is 4.47. The van der Waals surface area contributed by atoms with Crippen molar-refractivity contribution in [2.75, 3.05) is 18.0 Å². The molecule has 0 saturated carbocycles. The van der Waals surface area contributed by atoms with Crippen molar-refractivity contribution >= 4 is 17.4 Å². The van der Waals surface area contributed by atoms with Gasteiger partial charge in [0.15, 0.2) is 5.82 Å². The van der Waals surface area contributed by atoms with Crippen LogP contribution < -0.4 is 4.90 Å². The molecular formula is C7H8ClF3N4. The lowest BCUT2D eigenvalue weighted by molar-refractivity contribution is -0.119. The molecule has 1 aromatic rings. The standard InChI is InChI=1S/C7H8ClF3N4/c1-2-15(4-7(9,10)11)5-3-12-14-6(8)13-5/h3H,2,4H2,1H3. The van der Waals surface area contributed by atoms with Gasteiger partial charge in [-0.25, -0.2) is 0 Å². The minimum absolute atomic E-state index is 0.0647. The maximum absolute atomic E-state index is 12.1. The number of anilines is 1. The van der Waals surface area contributed by atoms with E-state index < -0.39 is 12.7 Å². The molecule has 8 heteroatoms. The van der Waals surface area contributed by atoms with Crippen molar-refractivity contribution in [3.05, 3.63) is 11.5 Å². The van der Waals surface area contributed by atoms with E-state index in [0.717, 1.165) is 11.1 Å². The molecule has 0 amide bonds. The molecule has 0 N–H and O–H groups in total. The van der Waals surface area contributed by atoms with Crippen LogP contribution in [0.2, 0.25) is 5.28 Å². The topological polar surface area (TPSA) is 41.9 Å². The molecule has 1 heterocycles. The number of alkyl halides is 3. The van der Waals surface area contributed by atoms with Crippen molar-refractivity contribution in [2.45, 2.75) is 13.1 Å². The summed E-state index contributed by atoms with van der Waals surface area (Å²) in [5.74, 6) is 0.0647. The van der Waals surface area contributed by atoms with Crippen LogP contribution in [0.3, 0.4) is 0 Å². The first-order valence-electron chi connectivity index (χ1n) is 4.09. The van der Waals surface area contributed by atoms with Crippen LogP contribution in [0, 0.1) is 0 Å². The van der Waals surface area contributed by atoms with Crippen LogP contribution in [0.5, 0.6) is 0 Å². The molecule has 0 aromatic carbocycles. The fourth-order valence-corrected chi connectivity index (χ4v) is 1.13. The smallest absolute Gasteiger partial charge is 0.346 e. The third-order valence-electron chi connectivity index (χ3n) is 1.60. The molecule has 4 nitrogen and oxygen atoms in total. The molecule has 0 spiro atoms. The molecule has 0 fully saturated rings. The molecule has 0 radical (unpaired) electrons. The normalized spacial score (nSPS) is 11.5. The fourth-order valence-electron chi connectivity index (χ4n) is 0.997. The minimum atomic E-state index is -4.28. The molecule has 1 rings (SSSR count). The van der Waals surface area contributed by atoms with Crippen LogP contribution in [0.4, 0.5) is 19.0 Å². The van der Waals surface area contributed by atoms with Crippen LogP contribution in [-0.4, -0.2) is 34.4 Å². The third kappa shape index (κ3) is 3.86. The van der Waals surface area contributed by atoms with Gasteiger partial charge in [-0.3, -0.25) is 0 Å². The average molecular weight is 241 g/mol. The summed E-state index contributed by atoms with van der Waals surface area (Å²) < 4.78 is 36.4. The second-order valence-electron chi connectivity index (χ2n) is 2.71. The van der Waals surface area contributed by atoms with Gasteiger partial charge in [0.25, 0.3) is 0 Å². The van der Waals surface area contributed by atoms with Crippen molar-refractivity contribution in [3.8, 4) is 0 Å². The van der Waals surface area contributed by atoms with Gasteiger partial charge in [-0.2, -0.15) is 23.3 Å². The predicted molar refractivity (Wildman–Crippen MR) is 48.8 cm³/mol. The molecule has 1 aromatic heterocycles. The van der Waals surface area contributed by atoms with E-state index in [4.69, 9.17) is 11.6 Å². The number of rotatable bonds is 3. The highest BCUT2D eigenvalue weighted by atomic mass is 35.5. The van der Waals surface area contributed by atoms with Crippen LogP contribution >= 0.6 is 11.6 Å². The number of nitrogens with zero attached hydrogens (tertiary/aromatic N) is 4. The van der Waals surface area contributed by atoms with Gasteiger partial charge < -0.3 is 4.90 Å². The summed E-state index contributed by atoms with van der Waals surface area (Å²) in [6, 6.07) is 0. The lowest BCUT2D eigenvalue weighted by atomic mass is 10.4. The minimum Gasteiger partial charge on any atom is -0.346 e. The van der Waals surface area contributed by atoms with Gasteiger partial charge in [0.05, 0.1) is 6.20 Å². The second kappa shape index (κ2) is 4.61. The largest absolute Gasteiger partial charge is 0.405 e. The van der Waals surface area contributed by atoms with Crippen LogP contribution in [0.25, 0.3) is 0 Å². The summed E-state index contributed by atoms with van der Waals surface area (Å²) in [6.45, 7) is 0.662. The Labute approximate surface area is 89.1 Å². The quantitative estimate of drug-likeness (QED) is 0.809. The van der Waals surface area contributed by atoms with E-state index in [1.165, 1.54) is 0 Å². The molecule has 0 aliphatic heterocycles. The van der Waals surface area contributed by atoms with Crippen LogP contribution in [0.1, 0.15) is 6.92 Å². The van der Waals surface area contributed by atoms with Gasteiger partial charge in [0.2, 0.25) is 5.28 Å². The molecule has 0 unspecified atom stereocenters. The first kappa shape index (κ1) is 12.0. The molecule has 0 bridgehead atoms. The van der Waals surface area contributed by atoms with Gasteiger partial charge in [-0.1, -0.05) is 0 Å². The van der Waals surface area contributed by atoms with Crippen molar-refractivity contribution < 1.29 is 13.2 Å². The van der Waals surface area contributed by atoms with Crippen molar-refractivity contribution in [3.63, 3.8) is 0 Å². The summed E-state index contributed by atoms with van der Waals surface area (Å²) in [7, 11) is 0. The van der Waals surface area contributed by atoms with Crippen molar-refractivity contribution in [2.24, 2.45) is 0 Å². The lowest BCUT2D eigenvalue weighted by Crippen LogP contribution is -2.34. The highest BCUT2D eigenvalue weighted by Gasteiger charge is 2.30. The SMILES string of the molecule is CCN(CC(F)(F)F)c1cnnc(Cl)n1. The van der Waals surface area contributed by atoms with Gasteiger partial charge in [-0.15, -0.1) is 5.10 Å². The Morgan fingerprint density at radius 3 is 2.60 bits per heavy atom. The highest BCUT2D eigenvalue weighted by Crippen LogP contribution is 2.20. The summed E-state index contributed by atoms with van der Waals surface area (Å²) in [5.41, 5.74) is 0. The van der Waals surface area contributed by atoms with E-state index in [1.807, 2.05) is 0 Å². The van der Waals surface area contributed by atoms with Crippen molar-refractivity contribution in [1.82, 2.24) is 15.2 Å². The van der Waals surface area contributed by atoms with E-state index in [0.29, 0.717) is 0 Å². The molecule has 84 valence electrons. The Kier molecular flexibility index (Phi) is 3.67. The summed E-state index contributed by atoms with van der Waals surface area (Å²) in [4.78, 5) is 4.66. The van der Waals surface area contributed by atoms with E-state index in [-0.39, 0.29) is 17.6 Å². The van der Waals surface area contributed by atoms with E-state index in [2.05, 4.69) is 15.2 Å². The Balaban J connectivity index is 2.83. The number of hydrogen-bond acceptors (Lipinski definition) is 4. The first-order chi connectivity index (χ1) is 6.92. The zero-order chi connectivity index (χ0) is 11.5. The highest BCUT2D eigenvalue weighted by molar-refractivity contribution is 6.28. The summed E-state index contributed by atoms with van der Waals surface area (Å²) in [6.07, 6.45) is -3.14. The Hall–Kier alpha value is -1.11. The number of halogens is 4.